The van der Waals surface area contributed by atoms with Crippen LogP contribution in [0.2, 0.25) is 5.02 Å². The van der Waals surface area contributed by atoms with Crippen molar-refractivity contribution < 1.29 is 0 Å². The summed E-state index contributed by atoms with van der Waals surface area (Å²) >= 11 is 11.2. The third kappa shape index (κ3) is 2.42. The Labute approximate surface area is 106 Å². The number of hydrogen-bond acceptors (Lipinski definition) is 2. The molecule has 2 rings (SSSR count). The topological polar surface area (TPSA) is 26.0 Å². The van der Waals surface area contributed by atoms with Gasteiger partial charge in [0.15, 0.2) is 0 Å². The van der Waals surface area contributed by atoms with Crippen molar-refractivity contribution >= 4 is 38.9 Å². The number of thiophene rings is 1. The van der Waals surface area contributed by atoms with Crippen LogP contribution in [-0.4, -0.2) is 0 Å². The van der Waals surface area contributed by atoms with Crippen LogP contribution in [0.15, 0.2) is 34.8 Å². The summed E-state index contributed by atoms with van der Waals surface area (Å²) in [6.07, 6.45) is 0. The largest absolute Gasteiger partial charge is 0.326 e. The van der Waals surface area contributed by atoms with Crippen molar-refractivity contribution in [3.8, 4) is 10.4 Å². The van der Waals surface area contributed by atoms with E-state index in [0.29, 0.717) is 6.54 Å². The van der Waals surface area contributed by atoms with Crippen LogP contribution in [0.3, 0.4) is 0 Å². The van der Waals surface area contributed by atoms with Gasteiger partial charge in [-0.25, -0.2) is 0 Å². The second-order valence-electron chi connectivity index (χ2n) is 3.09. The molecule has 1 aromatic carbocycles. The minimum atomic E-state index is 0.582. The van der Waals surface area contributed by atoms with E-state index in [1.54, 1.807) is 11.3 Å². The smallest absolute Gasteiger partial charge is 0.0503 e. The minimum Gasteiger partial charge on any atom is -0.326 e. The fraction of sp³-hybridized carbons (Fsp3) is 0.0909. The van der Waals surface area contributed by atoms with Crippen molar-refractivity contribution in [1.82, 2.24) is 0 Å². The monoisotopic (exact) mass is 301 g/mol. The highest BCUT2D eigenvalue weighted by Crippen LogP contribution is 2.34. The summed E-state index contributed by atoms with van der Waals surface area (Å²) in [6, 6.07) is 10.0. The highest BCUT2D eigenvalue weighted by atomic mass is 79.9. The van der Waals surface area contributed by atoms with Gasteiger partial charge in [0, 0.05) is 26.3 Å². The Hall–Kier alpha value is -0.350. The summed E-state index contributed by atoms with van der Waals surface area (Å²) in [5.41, 5.74) is 6.63. The van der Waals surface area contributed by atoms with Crippen LogP contribution in [-0.2, 0) is 6.54 Å². The van der Waals surface area contributed by atoms with Gasteiger partial charge in [0.1, 0.15) is 0 Å². The van der Waals surface area contributed by atoms with Crippen molar-refractivity contribution in [2.75, 3.05) is 0 Å². The first kappa shape index (κ1) is 11.1. The van der Waals surface area contributed by atoms with E-state index in [9.17, 15) is 0 Å². The Kier molecular flexibility index (Phi) is 3.46. The molecule has 78 valence electrons. The van der Waals surface area contributed by atoms with Crippen LogP contribution < -0.4 is 5.73 Å². The molecular formula is C11H9BrClNS. The van der Waals surface area contributed by atoms with Gasteiger partial charge in [-0.1, -0.05) is 33.6 Å². The molecule has 0 aliphatic heterocycles. The predicted octanol–water partition coefficient (Wildman–Crippen LogP) is 4.29. The fourth-order valence-electron chi connectivity index (χ4n) is 1.32. The molecule has 0 unspecified atom stereocenters. The Morgan fingerprint density at radius 2 is 2.07 bits per heavy atom. The minimum absolute atomic E-state index is 0.582. The molecule has 0 amide bonds. The number of nitrogens with two attached hydrogens (primary N) is 1. The quantitative estimate of drug-likeness (QED) is 0.880. The van der Waals surface area contributed by atoms with E-state index >= 15 is 0 Å². The van der Waals surface area contributed by atoms with E-state index in [0.717, 1.165) is 19.9 Å². The summed E-state index contributed by atoms with van der Waals surface area (Å²) in [7, 11) is 0. The van der Waals surface area contributed by atoms with Gasteiger partial charge in [0.25, 0.3) is 0 Å². The van der Waals surface area contributed by atoms with E-state index < -0.39 is 0 Å². The first-order chi connectivity index (χ1) is 7.20. The molecule has 15 heavy (non-hydrogen) atoms. The van der Waals surface area contributed by atoms with Crippen LogP contribution in [0.4, 0.5) is 0 Å². The maximum Gasteiger partial charge on any atom is 0.0503 e. The molecule has 1 nitrogen and oxygen atoms in total. The molecule has 0 saturated heterocycles. The molecule has 0 aliphatic carbocycles. The number of benzene rings is 1. The van der Waals surface area contributed by atoms with E-state index in [4.69, 9.17) is 17.3 Å². The van der Waals surface area contributed by atoms with Crippen LogP contribution in [0.1, 0.15) is 4.88 Å². The van der Waals surface area contributed by atoms with Gasteiger partial charge in [-0.05, 0) is 24.3 Å². The Balaban J connectivity index is 2.44. The molecule has 0 radical (unpaired) electrons. The number of hydrogen-bond donors (Lipinski definition) is 1. The van der Waals surface area contributed by atoms with Gasteiger partial charge in [-0.2, -0.15) is 0 Å². The Morgan fingerprint density at radius 1 is 1.27 bits per heavy atom. The van der Waals surface area contributed by atoms with Crippen molar-refractivity contribution in [2.45, 2.75) is 6.54 Å². The maximum atomic E-state index is 6.16. The predicted molar refractivity (Wildman–Crippen MR) is 70.4 cm³/mol. The summed E-state index contributed by atoms with van der Waals surface area (Å²) in [6.45, 7) is 0.582. The third-order valence-corrected chi connectivity index (χ3v) is 4.01. The van der Waals surface area contributed by atoms with Gasteiger partial charge in [-0.15, -0.1) is 11.3 Å². The molecular weight excluding hydrogens is 294 g/mol. The summed E-state index contributed by atoms with van der Waals surface area (Å²) in [4.78, 5) is 2.33. The van der Waals surface area contributed by atoms with Crippen LogP contribution >= 0.6 is 38.9 Å². The second-order valence-corrected chi connectivity index (χ2v) is 5.59. The average molecular weight is 303 g/mol. The number of rotatable bonds is 2. The average Bonchev–Trinajstić information content (AvgIpc) is 2.66. The van der Waals surface area contributed by atoms with E-state index in [1.807, 2.05) is 24.3 Å². The molecule has 2 aromatic rings. The first-order valence-corrected chi connectivity index (χ1v) is 6.43. The highest BCUT2D eigenvalue weighted by Gasteiger charge is 2.06. The van der Waals surface area contributed by atoms with Crippen LogP contribution in [0.25, 0.3) is 10.4 Å². The lowest BCUT2D eigenvalue weighted by Crippen LogP contribution is -1.90. The molecule has 0 aliphatic rings. The molecule has 0 fully saturated rings. The lowest BCUT2D eigenvalue weighted by molar-refractivity contribution is 1.11. The van der Waals surface area contributed by atoms with Gasteiger partial charge in [0.05, 0.1) is 5.02 Å². The highest BCUT2D eigenvalue weighted by molar-refractivity contribution is 9.10. The first-order valence-electron chi connectivity index (χ1n) is 4.45. The lowest BCUT2D eigenvalue weighted by atomic mass is 10.2. The molecule has 0 spiro atoms. The van der Waals surface area contributed by atoms with Gasteiger partial charge >= 0.3 is 0 Å². The van der Waals surface area contributed by atoms with Crippen molar-refractivity contribution in [3.63, 3.8) is 0 Å². The zero-order chi connectivity index (χ0) is 10.8. The third-order valence-electron chi connectivity index (χ3n) is 2.06. The molecule has 4 heteroatoms. The van der Waals surface area contributed by atoms with Crippen molar-refractivity contribution in [2.24, 2.45) is 5.73 Å². The summed E-state index contributed by atoms with van der Waals surface area (Å²) in [5.74, 6) is 0. The SMILES string of the molecule is NCc1ccc(-c2ccc(Br)cc2Cl)s1. The molecule has 0 bridgehead atoms. The van der Waals surface area contributed by atoms with Gasteiger partial charge in [0.2, 0.25) is 0 Å². The van der Waals surface area contributed by atoms with E-state index in [1.165, 1.54) is 4.88 Å². The van der Waals surface area contributed by atoms with E-state index in [2.05, 4.69) is 22.0 Å². The zero-order valence-corrected chi connectivity index (χ0v) is 11.0. The van der Waals surface area contributed by atoms with Crippen molar-refractivity contribution in [1.29, 1.82) is 0 Å². The summed E-state index contributed by atoms with van der Waals surface area (Å²) < 4.78 is 0.992. The number of halogens is 2. The standard InChI is InChI=1S/C11H9BrClNS/c12-7-1-3-9(10(13)5-7)11-4-2-8(6-14)15-11/h1-5H,6,14H2. The van der Waals surface area contributed by atoms with Gasteiger partial charge < -0.3 is 5.73 Å². The van der Waals surface area contributed by atoms with Crippen LogP contribution in [0, 0.1) is 0 Å². The van der Waals surface area contributed by atoms with E-state index in [-0.39, 0.29) is 0 Å². The zero-order valence-electron chi connectivity index (χ0n) is 7.84. The van der Waals surface area contributed by atoms with Gasteiger partial charge in [-0.3, -0.25) is 0 Å². The molecule has 0 atom stereocenters. The lowest BCUT2D eigenvalue weighted by Gasteiger charge is -2.01. The fourth-order valence-corrected chi connectivity index (χ4v) is 3.08. The molecule has 0 saturated carbocycles. The molecule has 2 N–H and O–H groups in total. The Morgan fingerprint density at radius 3 is 2.67 bits per heavy atom. The maximum absolute atomic E-state index is 6.16. The second kappa shape index (κ2) is 4.66. The van der Waals surface area contributed by atoms with Crippen LogP contribution in [0.5, 0.6) is 0 Å². The normalized spacial score (nSPS) is 10.6. The molecule has 1 heterocycles. The molecule has 1 aromatic heterocycles. The Bertz CT molecular complexity index is 481. The van der Waals surface area contributed by atoms with Crippen molar-refractivity contribution in [3.05, 3.63) is 44.7 Å². The summed E-state index contributed by atoms with van der Waals surface area (Å²) in [5, 5.41) is 0.759.